The van der Waals surface area contributed by atoms with Crippen molar-refractivity contribution in [3.05, 3.63) is 30.4 Å². The van der Waals surface area contributed by atoms with Crippen molar-refractivity contribution in [2.75, 3.05) is 26.1 Å². The van der Waals surface area contributed by atoms with Gasteiger partial charge in [-0.15, -0.1) is 0 Å². The van der Waals surface area contributed by atoms with Crippen LogP contribution in [0, 0.1) is 0 Å². The van der Waals surface area contributed by atoms with Gasteiger partial charge in [0.2, 0.25) is 0 Å². The van der Waals surface area contributed by atoms with Crippen LogP contribution in [0.25, 0.3) is 0 Å². The highest BCUT2D eigenvalue weighted by Crippen LogP contribution is 2.25. The lowest BCUT2D eigenvalue weighted by atomic mass is 10.2. The van der Waals surface area contributed by atoms with Crippen LogP contribution in [0.5, 0.6) is 11.5 Å². The first-order chi connectivity index (χ1) is 8.30. The minimum atomic E-state index is 0.746. The summed E-state index contributed by atoms with van der Waals surface area (Å²) in [6.07, 6.45) is 4.87. The van der Waals surface area contributed by atoms with E-state index in [1.165, 1.54) is 6.08 Å². The molecule has 0 saturated heterocycles. The summed E-state index contributed by atoms with van der Waals surface area (Å²) in [7, 11) is 3.23. The number of anilines is 1. The lowest BCUT2D eigenvalue weighted by Gasteiger charge is -2.09. The molecule has 0 aliphatic rings. The first kappa shape index (κ1) is 13.1. The molecule has 1 aromatic carbocycles. The normalized spacial score (nSPS) is 10.2. The molecular weight excluding hydrogens is 218 g/mol. The van der Waals surface area contributed by atoms with E-state index in [1.807, 2.05) is 24.3 Å². The summed E-state index contributed by atoms with van der Waals surface area (Å²) in [5.41, 5.74) is 0.931. The Labute approximate surface area is 101 Å². The average Bonchev–Trinajstić information content (AvgIpc) is 2.38. The van der Waals surface area contributed by atoms with Crippen molar-refractivity contribution in [3.63, 3.8) is 0 Å². The number of methoxy groups -OCH3 is 2. The first-order valence-electron chi connectivity index (χ1n) is 5.37. The second-order valence-electron chi connectivity index (χ2n) is 3.38. The zero-order chi connectivity index (χ0) is 12.5. The summed E-state index contributed by atoms with van der Waals surface area (Å²) in [6, 6.07) is 5.61. The molecule has 4 nitrogen and oxygen atoms in total. The number of benzene rings is 1. The number of carbonyl (C=O) groups excluding carboxylic acids is 1. The number of rotatable bonds is 7. The Morgan fingerprint density at radius 3 is 2.35 bits per heavy atom. The molecule has 1 N–H and O–H groups in total. The largest absolute Gasteiger partial charge is 0.497 e. The van der Waals surface area contributed by atoms with Gasteiger partial charge in [0.15, 0.2) is 0 Å². The average molecular weight is 235 g/mol. The summed E-state index contributed by atoms with van der Waals surface area (Å²) in [4.78, 5) is 10.1. The highest BCUT2D eigenvalue weighted by atomic mass is 16.5. The van der Waals surface area contributed by atoms with Crippen LogP contribution in [0.4, 0.5) is 5.69 Å². The van der Waals surface area contributed by atoms with E-state index in [9.17, 15) is 4.79 Å². The van der Waals surface area contributed by atoms with Crippen molar-refractivity contribution in [2.24, 2.45) is 0 Å². The number of hydrogen-bond acceptors (Lipinski definition) is 4. The molecule has 4 heteroatoms. The lowest BCUT2D eigenvalue weighted by Crippen LogP contribution is -2.01. The van der Waals surface area contributed by atoms with Crippen LogP contribution < -0.4 is 14.8 Å². The molecule has 0 saturated carbocycles. The Morgan fingerprint density at radius 1 is 1.18 bits per heavy atom. The molecule has 0 atom stereocenters. The molecule has 92 valence electrons. The molecule has 17 heavy (non-hydrogen) atoms. The van der Waals surface area contributed by atoms with Crippen molar-refractivity contribution >= 4 is 12.0 Å². The zero-order valence-electron chi connectivity index (χ0n) is 10.1. The third-order valence-corrected chi connectivity index (χ3v) is 2.21. The fourth-order valence-electron chi connectivity index (χ4n) is 1.36. The summed E-state index contributed by atoms with van der Waals surface area (Å²) >= 11 is 0. The molecule has 0 amide bonds. The van der Waals surface area contributed by atoms with E-state index in [1.54, 1.807) is 14.2 Å². The number of ether oxygens (including phenoxy) is 2. The molecule has 0 radical (unpaired) electrons. The zero-order valence-corrected chi connectivity index (χ0v) is 10.1. The maximum absolute atomic E-state index is 10.1. The van der Waals surface area contributed by atoms with E-state index in [0.717, 1.165) is 36.4 Å². The van der Waals surface area contributed by atoms with Crippen molar-refractivity contribution < 1.29 is 14.3 Å². The van der Waals surface area contributed by atoms with Gasteiger partial charge in [-0.3, -0.25) is 4.79 Å². The smallest absolute Gasteiger partial charge is 0.142 e. The van der Waals surface area contributed by atoms with E-state index >= 15 is 0 Å². The molecule has 0 unspecified atom stereocenters. The molecule has 0 bridgehead atoms. The van der Waals surface area contributed by atoms with Gasteiger partial charge in [0, 0.05) is 30.4 Å². The predicted octanol–water partition coefficient (Wildman–Crippen LogP) is 2.26. The Morgan fingerprint density at radius 2 is 1.82 bits per heavy atom. The van der Waals surface area contributed by atoms with E-state index in [2.05, 4.69) is 5.32 Å². The minimum absolute atomic E-state index is 0.746. The topological polar surface area (TPSA) is 47.6 Å². The van der Waals surface area contributed by atoms with Gasteiger partial charge >= 0.3 is 0 Å². The number of nitrogens with one attached hydrogen (secondary N) is 1. The summed E-state index contributed by atoms with van der Waals surface area (Å²) in [5.74, 6) is 1.49. The van der Waals surface area contributed by atoms with Gasteiger partial charge in [-0.1, -0.05) is 6.08 Å². The van der Waals surface area contributed by atoms with Crippen LogP contribution in [0.3, 0.4) is 0 Å². The van der Waals surface area contributed by atoms with Crippen molar-refractivity contribution in [2.45, 2.75) is 6.42 Å². The van der Waals surface area contributed by atoms with Crippen LogP contribution >= 0.6 is 0 Å². The number of hydrogen-bond donors (Lipinski definition) is 1. The molecule has 1 aromatic rings. The fraction of sp³-hybridized carbons (Fsp3) is 0.308. The molecule has 1 rings (SSSR count). The van der Waals surface area contributed by atoms with Gasteiger partial charge in [-0.2, -0.15) is 0 Å². The molecule has 0 aliphatic heterocycles. The van der Waals surface area contributed by atoms with E-state index in [4.69, 9.17) is 9.47 Å². The van der Waals surface area contributed by atoms with E-state index in [-0.39, 0.29) is 0 Å². The minimum Gasteiger partial charge on any atom is -0.497 e. The highest BCUT2D eigenvalue weighted by molar-refractivity contribution is 5.64. The lowest BCUT2D eigenvalue weighted by molar-refractivity contribution is -0.104. The summed E-state index contributed by atoms with van der Waals surface area (Å²) < 4.78 is 10.3. The molecule has 0 spiro atoms. The molecule has 0 aliphatic carbocycles. The van der Waals surface area contributed by atoms with Crippen molar-refractivity contribution in [1.29, 1.82) is 0 Å². The molecule has 0 heterocycles. The molecule has 0 fully saturated rings. The van der Waals surface area contributed by atoms with Crippen molar-refractivity contribution in [3.8, 4) is 11.5 Å². The Bertz CT molecular complexity index is 366. The summed E-state index contributed by atoms with van der Waals surface area (Å²) in [5, 5.41) is 3.23. The summed E-state index contributed by atoms with van der Waals surface area (Å²) in [6.45, 7) is 0.751. The molecule has 0 aromatic heterocycles. The van der Waals surface area contributed by atoms with Gasteiger partial charge in [-0.05, 0) is 12.5 Å². The number of aldehydes is 1. The van der Waals surface area contributed by atoms with Crippen molar-refractivity contribution in [1.82, 2.24) is 0 Å². The maximum atomic E-state index is 10.1. The maximum Gasteiger partial charge on any atom is 0.142 e. The van der Waals surface area contributed by atoms with Gasteiger partial charge in [0.25, 0.3) is 0 Å². The van der Waals surface area contributed by atoms with Crippen LogP contribution in [0.2, 0.25) is 0 Å². The third kappa shape index (κ3) is 4.59. The van der Waals surface area contributed by atoms with Crippen LogP contribution in [0.15, 0.2) is 30.4 Å². The third-order valence-electron chi connectivity index (χ3n) is 2.21. The van der Waals surface area contributed by atoms with Crippen LogP contribution in [-0.2, 0) is 4.79 Å². The van der Waals surface area contributed by atoms with Gasteiger partial charge in [0.05, 0.1) is 14.2 Å². The Kier molecular flexibility index (Phi) is 5.64. The second-order valence-corrected chi connectivity index (χ2v) is 3.38. The highest BCUT2D eigenvalue weighted by Gasteiger charge is 2.00. The van der Waals surface area contributed by atoms with E-state index in [0.29, 0.717) is 0 Å². The first-order valence-corrected chi connectivity index (χ1v) is 5.37. The van der Waals surface area contributed by atoms with E-state index < -0.39 is 0 Å². The number of carbonyl (C=O) groups is 1. The molecular formula is C13H17NO3. The number of allylic oxidation sites excluding steroid dienone is 1. The van der Waals surface area contributed by atoms with Gasteiger partial charge < -0.3 is 14.8 Å². The standard InChI is InChI=1S/C13H17NO3/c1-16-12-8-11(9-13(10-12)17-2)14-6-4-3-5-7-15/h3,5,7-10,14H,4,6H2,1-2H3/b5-3+. The van der Waals surface area contributed by atoms with Gasteiger partial charge in [-0.25, -0.2) is 0 Å². The SMILES string of the molecule is COc1cc(NCC/C=C/C=O)cc(OC)c1. The monoisotopic (exact) mass is 235 g/mol. The fourth-order valence-corrected chi connectivity index (χ4v) is 1.36. The Balaban J connectivity index is 2.57. The Hall–Kier alpha value is -1.97. The van der Waals surface area contributed by atoms with Crippen LogP contribution in [-0.4, -0.2) is 27.1 Å². The van der Waals surface area contributed by atoms with Gasteiger partial charge in [0.1, 0.15) is 17.8 Å². The second kappa shape index (κ2) is 7.33. The quantitative estimate of drug-likeness (QED) is 0.447. The predicted molar refractivity (Wildman–Crippen MR) is 67.9 cm³/mol. The van der Waals surface area contributed by atoms with Crippen LogP contribution in [0.1, 0.15) is 6.42 Å².